The number of ketones is 1. The molecule has 0 spiro atoms. The number of carbonyl (C=O) groups is 2. The highest BCUT2D eigenvalue weighted by atomic mass is 19.2. The van der Waals surface area contributed by atoms with Gasteiger partial charge in [0.2, 0.25) is 0 Å². The smallest absolute Gasteiger partial charge is 0.300 e. The molecule has 0 bridgehead atoms. The standard InChI is InChI=1S/C27H23F2NO6/c1-4-36-18-7-5-6-15(12-18)24-23(25(31)19-10-9-17(34-2)14-22(19)35-3)26(32)27(33)30(24)16-8-11-20(28)21(29)13-16/h5-14,24,31H,4H2,1-3H3/b25-23+. The molecule has 1 aliphatic heterocycles. The third kappa shape index (κ3) is 4.35. The molecule has 1 atom stereocenters. The Kier molecular flexibility index (Phi) is 6.91. The Morgan fingerprint density at radius 3 is 2.39 bits per heavy atom. The van der Waals surface area contributed by atoms with Crippen LogP contribution in [0.1, 0.15) is 24.1 Å². The number of aliphatic hydroxyl groups excluding tert-OH is 1. The molecule has 1 unspecified atom stereocenters. The van der Waals surface area contributed by atoms with Crippen LogP contribution in [0, 0.1) is 11.6 Å². The van der Waals surface area contributed by atoms with E-state index in [9.17, 15) is 23.5 Å². The van der Waals surface area contributed by atoms with Crippen LogP contribution in [0.15, 0.2) is 66.2 Å². The summed E-state index contributed by atoms with van der Waals surface area (Å²) in [5.41, 5.74) is 0.261. The number of aliphatic hydroxyl groups is 1. The number of Topliss-reactive ketones (excluding diaryl/α,β-unsaturated/α-hetero) is 1. The molecule has 7 nitrogen and oxygen atoms in total. The van der Waals surface area contributed by atoms with Crippen LogP contribution in [0.3, 0.4) is 0 Å². The average Bonchev–Trinajstić information content (AvgIpc) is 3.15. The van der Waals surface area contributed by atoms with E-state index < -0.39 is 35.1 Å². The first-order valence-corrected chi connectivity index (χ1v) is 11.0. The van der Waals surface area contributed by atoms with Gasteiger partial charge in [-0.15, -0.1) is 0 Å². The molecule has 0 aromatic heterocycles. The molecule has 1 saturated heterocycles. The molecule has 0 saturated carbocycles. The zero-order chi connectivity index (χ0) is 26.0. The molecule has 1 heterocycles. The van der Waals surface area contributed by atoms with Crippen LogP contribution >= 0.6 is 0 Å². The number of nitrogens with zero attached hydrogens (tertiary/aromatic N) is 1. The van der Waals surface area contributed by atoms with Crippen molar-refractivity contribution < 1.29 is 37.7 Å². The predicted molar refractivity (Wildman–Crippen MR) is 128 cm³/mol. The van der Waals surface area contributed by atoms with Gasteiger partial charge >= 0.3 is 0 Å². The quantitative estimate of drug-likeness (QED) is 0.282. The third-order valence-corrected chi connectivity index (χ3v) is 5.77. The first kappa shape index (κ1) is 24.7. The second-order valence-electron chi connectivity index (χ2n) is 7.84. The van der Waals surface area contributed by atoms with E-state index in [1.165, 1.54) is 32.4 Å². The number of halogens is 2. The molecule has 1 aliphatic rings. The van der Waals surface area contributed by atoms with Crippen molar-refractivity contribution in [3.8, 4) is 17.2 Å². The maximum atomic E-state index is 14.1. The second-order valence-corrected chi connectivity index (χ2v) is 7.84. The Bertz CT molecular complexity index is 1370. The fourth-order valence-corrected chi connectivity index (χ4v) is 4.13. The van der Waals surface area contributed by atoms with E-state index >= 15 is 0 Å². The van der Waals surface area contributed by atoms with Crippen molar-refractivity contribution in [2.24, 2.45) is 0 Å². The minimum atomic E-state index is -1.19. The number of hydrogen-bond donors (Lipinski definition) is 1. The Morgan fingerprint density at radius 2 is 1.72 bits per heavy atom. The van der Waals surface area contributed by atoms with Gasteiger partial charge in [0.1, 0.15) is 23.0 Å². The molecule has 0 radical (unpaired) electrons. The average molecular weight is 495 g/mol. The highest BCUT2D eigenvalue weighted by molar-refractivity contribution is 6.51. The Balaban J connectivity index is 1.97. The number of methoxy groups -OCH3 is 2. The van der Waals surface area contributed by atoms with Crippen LogP contribution in [-0.2, 0) is 9.59 Å². The maximum Gasteiger partial charge on any atom is 0.300 e. The van der Waals surface area contributed by atoms with Crippen molar-refractivity contribution >= 4 is 23.1 Å². The topological polar surface area (TPSA) is 85.3 Å². The lowest BCUT2D eigenvalue weighted by atomic mass is 9.94. The summed E-state index contributed by atoms with van der Waals surface area (Å²) in [5, 5.41) is 11.3. The summed E-state index contributed by atoms with van der Waals surface area (Å²) >= 11 is 0. The summed E-state index contributed by atoms with van der Waals surface area (Å²) in [4.78, 5) is 27.6. The van der Waals surface area contributed by atoms with Crippen LogP contribution in [-0.4, -0.2) is 37.6 Å². The van der Waals surface area contributed by atoms with Crippen LogP contribution in [0.2, 0.25) is 0 Å². The van der Waals surface area contributed by atoms with Gasteiger partial charge in [0.05, 0.1) is 38.0 Å². The summed E-state index contributed by atoms with van der Waals surface area (Å²) in [6.07, 6.45) is 0. The van der Waals surface area contributed by atoms with E-state index in [0.29, 0.717) is 23.7 Å². The summed E-state index contributed by atoms with van der Waals surface area (Å²) in [6.45, 7) is 2.17. The molecule has 3 aromatic carbocycles. The Morgan fingerprint density at radius 1 is 0.944 bits per heavy atom. The maximum absolute atomic E-state index is 14.1. The lowest BCUT2D eigenvalue weighted by molar-refractivity contribution is -0.132. The first-order chi connectivity index (χ1) is 17.3. The molecule has 186 valence electrons. The number of carbonyl (C=O) groups excluding carboxylic acids is 2. The van der Waals surface area contributed by atoms with Crippen molar-refractivity contribution in [3.63, 3.8) is 0 Å². The zero-order valence-electron chi connectivity index (χ0n) is 19.7. The van der Waals surface area contributed by atoms with Gasteiger partial charge in [0, 0.05) is 17.8 Å². The van der Waals surface area contributed by atoms with Gasteiger partial charge < -0.3 is 19.3 Å². The van der Waals surface area contributed by atoms with Gasteiger partial charge in [-0.2, -0.15) is 0 Å². The number of anilines is 1. The van der Waals surface area contributed by atoms with Crippen molar-refractivity contribution in [3.05, 3.63) is 89.0 Å². The Labute approximate surface area is 206 Å². The number of ether oxygens (including phenoxy) is 3. The highest BCUT2D eigenvalue weighted by Gasteiger charge is 2.47. The minimum Gasteiger partial charge on any atom is -0.507 e. The van der Waals surface area contributed by atoms with E-state index in [2.05, 4.69) is 0 Å². The molecule has 3 aromatic rings. The van der Waals surface area contributed by atoms with E-state index in [0.717, 1.165) is 17.0 Å². The van der Waals surface area contributed by atoms with Crippen LogP contribution in [0.4, 0.5) is 14.5 Å². The van der Waals surface area contributed by atoms with Gasteiger partial charge in [-0.3, -0.25) is 14.5 Å². The third-order valence-electron chi connectivity index (χ3n) is 5.77. The van der Waals surface area contributed by atoms with Crippen molar-refractivity contribution in [1.82, 2.24) is 0 Å². The van der Waals surface area contributed by atoms with E-state index in [1.54, 1.807) is 37.3 Å². The van der Waals surface area contributed by atoms with E-state index in [1.807, 2.05) is 0 Å². The molecular weight excluding hydrogens is 472 g/mol. The molecule has 1 fully saturated rings. The van der Waals surface area contributed by atoms with Crippen molar-refractivity contribution in [2.75, 3.05) is 25.7 Å². The molecule has 0 aliphatic carbocycles. The highest BCUT2D eigenvalue weighted by Crippen LogP contribution is 2.44. The number of hydrogen-bond acceptors (Lipinski definition) is 6. The fraction of sp³-hybridized carbons (Fsp3) is 0.185. The molecule has 1 N–H and O–H groups in total. The Hall–Kier alpha value is -4.40. The van der Waals surface area contributed by atoms with Crippen LogP contribution < -0.4 is 19.1 Å². The number of amides is 1. The second kappa shape index (κ2) is 10.1. The van der Waals surface area contributed by atoms with E-state index in [4.69, 9.17) is 14.2 Å². The monoisotopic (exact) mass is 495 g/mol. The van der Waals surface area contributed by atoms with Crippen molar-refractivity contribution in [1.29, 1.82) is 0 Å². The number of rotatable bonds is 7. The van der Waals surface area contributed by atoms with Gasteiger partial charge in [0.25, 0.3) is 11.7 Å². The summed E-state index contributed by atoms with van der Waals surface area (Å²) in [5.74, 6) is -3.68. The van der Waals surface area contributed by atoms with Gasteiger partial charge in [-0.25, -0.2) is 8.78 Å². The van der Waals surface area contributed by atoms with Crippen molar-refractivity contribution in [2.45, 2.75) is 13.0 Å². The lowest BCUT2D eigenvalue weighted by Gasteiger charge is -2.26. The first-order valence-electron chi connectivity index (χ1n) is 11.0. The van der Waals surface area contributed by atoms with Gasteiger partial charge in [-0.1, -0.05) is 12.1 Å². The number of benzene rings is 3. The normalized spacial score (nSPS) is 16.8. The molecular formula is C27H23F2NO6. The van der Waals surface area contributed by atoms with Gasteiger partial charge in [0.15, 0.2) is 11.6 Å². The van der Waals surface area contributed by atoms with Crippen LogP contribution in [0.5, 0.6) is 17.2 Å². The SMILES string of the molecule is CCOc1cccc(C2/C(=C(\O)c3ccc(OC)cc3OC)C(=O)C(=O)N2c2ccc(F)c(F)c2)c1. The van der Waals surface area contributed by atoms with Crippen LogP contribution in [0.25, 0.3) is 5.76 Å². The molecule has 4 rings (SSSR count). The summed E-state index contributed by atoms with van der Waals surface area (Å²) < 4.78 is 43.9. The van der Waals surface area contributed by atoms with E-state index in [-0.39, 0.29) is 22.6 Å². The predicted octanol–water partition coefficient (Wildman–Crippen LogP) is 5.01. The largest absolute Gasteiger partial charge is 0.507 e. The summed E-state index contributed by atoms with van der Waals surface area (Å²) in [7, 11) is 2.85. The zero-order valence-corrected chi connectivity index (χ0v) is 19.7. The fourth-order valence-electron chi connectivity index (χ4n) is 4.13. The lowest BCUT2D eigenvalue weighted by Crippen LogP contribution is -2.29. The molecule has 36 heavy (non-hydrogen) atoms. The minimum absolute atomic E-state index is 0.0523. The molecule has 9 heteroatoms. The molecule has 1 amide bonds. The summed E-state index contributed by atoms with van der Waals surface area (Å²) in [6, 6.07) is 12.9. The van der Waals surface area contributed by atoms with Gasteiger partial charge in [-0.05, 0) is 48.9 Å².